The van der Waals surface area contributed by atoms with Crippen LogP contribution in [0.3, 0.4) is 0 Å². The molecule has 1 atom stereocenters. The Bertz CT molecular complexity index is 307. The summed E-state index contributed by atoms with van der Waals surface area (Å²) in [5.74, 6) is -1.97. The molecule has 0 aliphatic carbocycles. The van der Waals surface area contributed by atoms with Gasteiger partial charge < -0.3 is 10.5 Å². The summed E-state index contributed by atoms with van der Waals surface area (Å²) in [5.41, 5.74) is 4.33. The second-order valence-electron chi connectivity index (χ2n) is 2.71. The molecule has 2 nitrogen and oxygen atoms in total. The smallest absolute Gasteiger partial charge is 0.143 e. The SMILES string of the molecule is COc1cc(F)c(C(F)CN)c(F)c1. The summed E-state index contributed by atoms with van der Waals surface area (Å²) in [4.78, 5) is 0. The minimum atomic E-state index is -1.83. The lowest BCUT2D eigenvalue weighted by Gasteiger charge is -2.09. The Labute approximate surface area is 79.5 Å². The molecule has 0 saturated carbocycles. The third-order valence-corrected chi connectivity index (χ3v) is 1.81. The largest absolute Gasteiger partial charge is 0.497 e. The van der Waals surface area contributed by atoms with Crippen LogP contribution >= 0.6 is 0 Å². The van der Waals surface area contributed by atoms with Crippen molar-refractivity contribution in [2.45, 2.75) is 6.17 Å². The predicted octanol–water partition coefficient (Wildman–Crippen LogP) is 1.94. The van der Waals surface area contributed by atoms with Crippen molar-refractivity contribution >= 4 is 0 Å². The van der Waals surface area contributed by atoms with Crippen molar-refractivity contribution in [3.63, 3.8) is 0 Å². The van der Waals surface area contributed by atoms with Gasteiger partial charge in [-0.3, -0.25) is 0 Å². The van der Waals surface area contributed by atoms with E-state index in [0.717, 1.165) is 12.1 Å². The fourth-order valence-electron chi connectivity index (χ4n) is 1.10. The van der Waals surface area contributed by atoms with Crippen LogP contribution in [0.5, 0.6) is 5.75 Å². The van der Waals surface area contributed by atoms with E-state index in [1.165, 1.54) is 7.11 Å². The number of methoxy groups -OCH3 is 1. The molecule has 78 valence electrons. The summed E-state index contributed by atoms with van der Waals surface area (Å²) < 4.78 is 43.8. The molecule has 1 aromatic rings. The first kappa shape index (κ1) is 10.8. The molecule has 5 heteroatoms. The van der Waals surface area contributed by atoms with E-state index in [1.54, 1.807) is 0 Å². The molecule has 0 radical (unpaired) electrons. The lowest BCUT2D eigenvalue weighted by atomic mass is 10.1. The average Bonchev–Trinajstić information content (AvgIpc) is 2.16. The van der Waals surface area contributed by atoms with Crippen molar-refractivity contribution in [3.05, 3.63) is 29.3 Å². The van der Waals surface area contributed by atoms with Gasteiger partial charge in [0.2, 0.25) is 0 Å². The van der Waals surface area contributed by atoms with Crippen LogP contribution in [0.2, 0.25) is 0 Å². The Morgan fingerprint density at radius 2 is 1.86 bits per heavy atom. The molecule has 0 spiro atoms. The van der Waals surface area contributed by atoms with Gasteiger partial charge in [0, 0.05) is 18.7 Å². The molecule has 0 aromatic heterocycles. The number of alkyl halides is 1. The second kappa shape index (κ2) is 4.32. The van der Waals surface area contributed by atoms with E-state index in [4.69, 9.17) is 5.73 Å². The predicted molar refractivity (Wildman–Crippen MR) is 45.8 cm³/mol. The third kappa shape index (κ3) is 1.98. The Kier molecular flexibility index (Phi) is 3.35. The Morgan fingerprint density at radius 3 is 2.21 bits per heavy atom. The molecule has 1 rings (SSSR count). The highest BCUT2D eigenvalue weighted by atomic mass is 19.2. The van der Waals surface area contributed by atoms with E-state index in [0.29, 0.717) is 0 Å². The highest BCUT2D eigenvalue weighted by molar-refractivity contribution is 5.32. The van der Waals surface area contributed by atoms with Gasteiger partial charge in [0.15, 0.2) is 0 Å². The van der Waals surface area contributed by atoms with Gasteiger partial charge in [-0.2, -0.15) is 0 Å². The molecule has 0 bridgehead atoms. The standard InChI is InChI=1S/C9H10F3NO/c1-14-5-2-6(10)9(7(11)3-5)8(12)4-13/h2-3,8H,4,13H2,1H3. The lowest BCUT2D eigenvalue weighted by molar-refractivity contribution is 0.325. The van der Waals surface area contributed by atoms with E-state index in [-0.39, 0.29) is 5.75 Å². The third-order valence-electron chi connectivity index (χ3n) is 1.81. The van der Waals surface area contributed by atoms with Crippen LogP contribution in [-0.2, 0) is 0 Å². The van der Waals surface area contributed by atoms with Gasteiger partial charge in [-0.15, -0.1) is 0 Å². The first-order chi connectivity index (χ1) is 6.60. The highest BCUT2D eigenvalue weighted by Gasteiger charge is 2.19. The van der Waals surface area contributed by atoms with Gasteiger partial charge >= 0.3 is 0 Å². The van der Waals surface area contributed by atoms with Crippen molar-refractivity contribution in [3.8, 4) is 5.75 Å². The zero-order chi connectivity index (χ0) is 10.7. The summed E-state index contributed by atoms with van der Waals surface area (Å²) in [5, 5.41) is 0. The van der Waals surface area contributed by atoms with Gasteiger partial charge in [-0.05, 0) is 0 Å². The molecular formula is C9H10F3NO. The van der Waals surface area contributed by atoms with Crippen LogP contribution < -0.4 is 10.5 Å². The molecular weight excluding hydrogens is 195 g/mol. The number of hydrogen-bond donors (Lipinski definition) is 1. The Hall–Kier alpha value is -1.23. The minimum absolute atomic E-state index is 0.00738. The first-order valence-corrected chi connectivity index (χ1v) is 3.97. The zero-order valence-electron chi connectivity index (χ0n) is 7.56. The van der Waals surface area contributed by atoms with E-state index < -0.39 is 29.9 Å². The van der Waals surface area contributed by atoms with Gasteiger partial charge in [0.1, 0.15) is 23.6 Å². The quantitative estimate of drug-likeness (QED) is 0.818. The minimum Gasteiger partial charge on any atom is -0.497 e. The van der Waals surface area contributed by atoms with E-state index in [9.17, 15) is 13.2 Å². The summed E-state index contributed by atoms with van der Waals surface area (Å²) in [6.07, 6.45) is -1.83. The van der Waals surface area contributed by atoms with Gasteiger partial charge in [0.25, 0.3) is 0 Å². The van der Waals surface area contributed by atoms with Crippen molar-refractivity contribution in [1.29, 1.82) is 0 Å². The van der Waals surface area contributed by atoms with Crippen LogP contribution in [-0.4, -0.2) is 13.7 Å². The Balaban J connectivity index is 3.18. The molecule has 0 aliphatic rings. The normalized spacial score (nSPS) is 12.6. The number of halogens is 3. The summed E-state index contributed by atoms with van der Waals surface area (Å²) >= 11 is 0. The van der Waals surface area contributed by atoms with Gasteiger partial charge in [-0.25, -0.2) is 13.2 Å². The molecule has 0 saturated heterocycles. The lowest BCUT2D eigenvalue weighted by Crippen LogP contribution is -2.11. The second-order valence-corrected chi connectivity index (χ2v) is 2.71. The van der Waals surface area contributed by atoms with Crippen LogP contribution in [0.15, 0.2) is 12.1 Å². The van der Waals surface area contributed by atoms with Gasteiger partial charge in [-0.1, -0.05) is 0 Å². The van der Waals surface area contributed by atoms with Crippen LogP contribution in [0.4, 0.5) is 13.2 Å². The van der Waals surface area contributed by atoms with Crippen molar-refractivity contribution in [1.82, 2.24) is 0 Å². The molecule has 0 fully saturated rings. The van der Waals surface area contributed by atoms with Crippen LogP contribution in [0.1, 0.15) is 11.7 Å². The van der Waals surface area contributed by atoms with Crippen molar-refractivity contribution < 1.29 is 17.9 Å². The summed E-state index contributed by atoms with van der Waals surface area (Å²) in [7, 11) is 1.27. The van der Waals surface area contributed by atoms with Crippen LogP contribution in [0.25, 0.3) is 0 Å². The van der Waals surface area contributed by atoms with E-state index in [1.807, 2.05) is 0 Å². The number of hydrogen-bond acceptors (Lipinski definition) is 2. The molecule has 1 aromatic carbocycles. The topological polar surface area (TPSA) is 35.2 Å². The Morgan fingerprint density at radius 1 is 1.36 bits per heavy atom. The average molecular weight is 205 g/mol. The van der Waals surface area contributed by atoms with Crippen molar-refractivity contribution in [2.24, 2.45) is 5.73 Å². The summed E-state index contributed by atoms with van der Waals surface area (Å²) in [6.45, 7) is -0.458. The van der Waals surface area contributed by atoms with E-state index in [2.05, 4.69) is 4.74 Å². The fourth-order valence-corrected chi connectivity index (χ4v) is 1.10. The molecule has 0 amide bonds. The van der Waals surface area contributed by atoms with Crippen LogP contribution in [0, 0.1) is 11.6 Å². The maximum atomic E-state index is 13.1. The fraction of sp³-hybridized carbons (Fsp3) is 0.333. The molecule has 1 unspecified atom stereocenters. The molecule has 14 heavy (non-hydrogen) atoms. The molecule has 0 heterocycles. The monoisotopic (exact) mass is 205 g/mol. The maximum absolute atomic E-state index is 13.1. The molecule has 2 N–H and O–H groups in total. The van der Waals surface area contributed by atoms with Crippen molar-refractivity contribution in [2.75, 3.05) is 13.7 Å². The zero-order valence-corrected chi connectivity index (χ0v) is 7.56. The maximum Gasteiger partial charge on any atom is 0.143 e. The molecule has 0 aliphatic heterocycles. The van der Waals surface area contributed by atoms with E-state index >= 15 is 0 Å². The highest BCUT2D eigenvalue weighted by Crippen LogP contribution is 2.27. The number of benzene rings is 1. The number of nitrogens with two attached hydrogens (primary N) is 1. The summed E-state index contributed by atoms with van der Waals surface area (Å²) in [6, 6.07) is 1.83. The number of ether oxygens (including phenoxy) is 1. The first-order valence-electron chi connectivity index (χ1n) is 3.97. The number of rotatable bonds is 3. The van der Waals surface area contributed by atoms with Gasteiger partial charge in [0.05, 0.1) is 12.7 Å².